The Labute approximate surface area is 146 Å². The van der Waals surface area contributed by atoms with Crippen molar-refractivity contribution in [2.24, 2.45) is 5.92 Å². The van der Waals surface area contributed by atoms with E-state index in [1.54, 1.807) is 17.5 Å². The van der Waals surface area contributed by atoms with Gasteiger partial charge in [0.25, 0.3) is 0 Å². The van der Waals surface area contributed by atoms with E-state index >= 15 is 0 Å². The Morgan fingerprint density at radius 3 is 2.79 bits per heavy atom. The van der Waals surface area contributed by atoms with Crippen LogP contribution in [0.5, 0.6) is 0 Å². The number of rotatable bonds is 6. The first-order chi connectivity index (χ1) is 11.6. The highest BCUT2D eigenvalue weighted by atomic mass is 32.1. The van der Waals surface area contributed by atoms with Crippen LogP contribution in [0.3, 0.4) is 0 Å². The summed E-state index contributed by atoms with van der Waals surface area (Å²) in [5.41, 5.74) is 4.50. The molecule has 2 heterocycles. The van der Waals surface area contributed by atoms with Crippen molar-refractivity contribution < 1.29 is 0 Å². The molecule has 0 aliphatic carbocycles. The van der Waals surface area contributed by atoms with Gasteiger partial charge in [0, 0.05) is 10.4 Å². The van der Waals surface area contributed by atoms with Crippen LogP contribution in [0.1, 0.15) is 36.4 Å². The van der Waals surface area contributed by atoms with Crippen molar-refractivity contribution in [1.29, 1.82) is 0 Å². The van der Waals surface area contributed by atoms with Crippen LogP contribution in [0.4, 0.5) is 0 Å². The molecule has 0 unspecified atom stereocenters. The Balaban J connectivity index is 2.03. The Hall–Kier alpha value is -2.27. The SMILES string of the molecule is C=Cc1sc(-c2ccc(CCC(C)C)c(-n3ccnn3)c2)nc1C. The lowest BCUT2D eigenvalue weighted by Crippen LogP contribution is -2.03. The minimum atomic E-state index is 0.671. The smallest absolute Gasteiger partial charge is 0.124 e. The molecule has 0 amide bonds. The van der Waals surface area contributed by atoms with E-state index in [0.29, 0.717) is 5.92 Å². The van der Waals surface area contributed by atoms with E-state index in [2.05, 4.69) is 53.9 Å². The van der Waals surface area contributed by atoms with Gasteiger partial charge in [-0.25, -0.2) is 9.67 Å². The maximum Gasteiger partial charge on any atom is 0.124 e. The summed E-state index contributed by atoms with van der Waals surface area (Å²) in [5, 5.41) is 9.15. The molecule has 0 aliphatic heterocycles. The third kappa shape index (κ3) is 3.46. The van der Waals surface area contributed by atoms with E-state index in [0.717, 1.165) is 39.7 Å². The maximum atomic E-state index is 4.68. The van der Waals surface area contributed by atoms with Crippen molar-refractivity contribution in [2.75, 3.05) is 0 Å². The monoisotopic (exact) mass is 338 g/mol. The molecule has 0 saturated heterocycles. The number of hydrogen-bond acceptors (Lipinski definition) is 4. The standard InChI is InChI=1S/C19H22N4S/c1-5-18-14(4)21-19(24-18)16-9-8-15(7-6-13(2)3)17(12-16)23-11-10-20-22-23/h5,8-13H,1,6-7H2,2-4H3. The van der Waals surface area contributed by atoms with Gasteiger partial charge in [-0.15, -0.1) is 16.4 Å². The molecule has 3 aromatic rings. The first-order valence-corrected chi connectivity index (χ1v) is 9.00. The lowest BCUT2D eigenvalue weighted by molar-refractivity contribution is 0.584. The summed E-state index contributed by atoms with van der Waals surface area (Å²) in [5.74, 6) is 0.671. The van der Waals surface area contributed by atoms with Gasteiger partial charge >= 0.3 is 0 Å². The van der Waals surface area contributed by atoms with E-state index in [4.69, 9.17) is 0 Å². The zero-order chi connectivity index (χ0) is 17.1. The largest absolute Gasteiger partial charge is 0.241 e. The van der Waals surface area contributed by atoms with Crippen LogP contribution in [-0.4, -0.2) is 20.0 Å². The lowest BCUT2D eigenvalue weighted by atomic mass is 10.00. The fourth-order valence-corrected chi connectivity index (χ4v) is 3.54. The summed E-state index contributed by atoms with van der Waals surface area (Å²) in [6.07, 6.45) is 7.65. The number of thiazole rings is 1. The van der Waals surface area contributed by atoms with Gasteiger partial charge in [-0.3, -0.25) is 0 Å². The van der Waals surface area contributed by atoms with Crippen LogP contribution in [0.25, 0.3) is 22.3 Å². The van der Waals surface area contributed by atoms with Gasteiger partial charge in [0.1, 0.15) is 5.01 Å². The van der Waals surface area contributed by atoms with Crippen molar-refractivity contribution >= 4 is 17.4 Å². The second kappa shape index (κ2) is 7.09. The molecule has 0 N–H and O–H groups in total. The fourth-order valence-electron chi connectivity index (χ4n) is 2.62. The molecule has 3 rings (SSSR count). The third-order valence-corrected chi connectivity index (χ3v) is 5.21. The van der Waals surface area contributed by atoms with E-state index in [1.807, 2.05) is 23.9 Å². The number of hydrogen-bond donors (Lipinski definition) is 0. The van der Waals surface area contributed by atoms with Gasteiger partial charge in [-0.1, -0.05) is 43.8 Å². The normalized spacial score (nSPS) is 11.2. The Kier molecular flexibility index (Phi) is 4.90. The number of nitrogens with zero attached hydrogens (tertiary/aromatic N) is 4. The van der Waals surface area contributed by atoms with Gasteiger partial charge in [-0.05, 0) is 37.3 Å². The Morgan fingerprint density at radius 2 is 2.17 bits per heavy atom. The first-order valence-electron chi connectivity index (χ1n) is 8.18. The van der Waals surface area contributed by atoms with Crippen LogP contribution in [-0.2, 0) is 6.42 Å². The number of benzene rings is 1. The maximum absolute atomic E-state index is 4.68. The van der Waals surface area contributed by atoms with Crippen molar-refractivity contribution in [3.8, 4) is 16.3 Å². The molecule has 5 heteroatoms. The molecule has 0 atom stereocenters. The molecule has 2 aromatic heterocycles. The summed E-state index contributed by atoms with van der Waals surface area (Å²) in [6, 6.07) is 6.51. The fraction of sp³-hybridized carbons (Fsp3) is 0.316. The van der Waals surface area contributed by atoms with E-state index in [9.17, 15) is 0 Å². The van der Waals surface area contributed by atoms with Gasteiger partial charge in [0.05, 0.1) is 23.8 Å². The third-order valence-electron chi connectivity index (χ3n) is 4.01. The molecule has 0 spiro atoms. The minimum absolute atomic E-state index is 0.671. The summed E-state index contributed by atoms with van der Waals surface area (Å²) < 4.78 is 1.84. The topological polar surface area (TPSA) is 43.6 Å². The molecule has 124 valence electrons. The van der Waals surface area contributed by atoms with Crippen LogP contribution < -0.4 is 0 Å². The van der Waals surface area contributed by atoms with Crippen LogP contribution >= 0.6 is 11.3 Å². The second-order valence-electron chi connectivity index (χ2n) is 6.30. The molecule has 4 nitrogen and oxygen atoms in total. The molecule has 24 heavy (non-hydrogen) atoms. The average Bonchev–Trinajstić information content (AvgIpc) is 3.22. The molecular weight excluding hydrogens is 316 g/mol. The van der Waals surface area contributed by atoms with Crippen molar-refractivity contribution in [3.63, 3.8) is 0 Å². The predicted molar refractivity (Wildman–Crippen MR) is 100 cm³/mol. The van der Waals surface area contributed by atoms with Crippen LogP contribution in [0.15, 0.2) is 37.2 Å². The summed E-state index contributed by atoms with van der Waals surface area (Å²) in [4.78, 5) is 5.80. The quantitative estimate of drug-likeness (QED) is 0.640. The van der Waals surface area contributed by atoms with Crippen molar-refractivity contribution in [1.82, 2.24) is 20.0 Å². The second-order valence-corrected chi connectivity index (χ2v) is 7.33. The summed E-state index contributed by atoms with van der Waals surface area (Å²) in [6.45, 7) is 10.4. The molecule has 0 aliphatic rings. The zero-order valence-electron chi connectivity index (χ0n) is 14.4. The zero-order valence-corrected chi connectivity index (χ0v) is 15.2. The molecule has 0 fully saturated rings. The van der Waals surface area contributed by atoms with Gasteiger partial charge in [0.15, 0.2) is 0 Å². The molecule has 1 aromatic carbocycles. The molecular formula is C19H22N4S. The van der Waals surface area contributed by atoms with Crippen LogP contribution in [0.2, 0.25) is 0 Å². The highest BCUT2D eigenvalue weighted by Gasteiger charge is 2.12. The Bertz CT molecular complexity index is 831. The van der Waals surface area contributed by atoms with E-state index in [1.165, 1.54) is 5.56 Å². The van der Waals surface area contributed by atoms with Crippen LogP contribution in [0, 0.1) is 12.8 Å². The summed E-state index contributed by atoms with van der Waals surface area (Å²) >= 11 is 1.67. The van der Waals surface area contributed by atoms with Gasteiger partial charge in [0.2, 0.25) is 0 Å². The first kappa shape index (κ1) is 16.6. The van der Waals surface area contributed by atoms with Gasteiger partial charge in [-0.2, -0.15) is 0 Å². The molecule has 0 radical (unpaired) electrons. The highest BCUT2D eigenvalue weighted by Crippen LogP contribution is 2.31. The van der Waals surface area contributed by atoms with E-state index in [-0.39, 0.29) is 0 Å². The highest BCUT2D eigenvalue weighted by molar-refractivity contribution is 7.16. The summed E-state index contributed by atoms with van der Waals surface area (Å²) in [7, 11) is 0. The molecule has 0 bridgehead atoms. The Morgan fingerprint density at radius 1 is 1.33 bits per heavy atom. The lowest BCUT2D eigenvalue weighted by Gasteiger charge is -2.12. The van der Waals surface area contributed by atoms with Crippen molar-refractivity contribution in [2.45, 2.75) is 33.6 Å². The number of aromatic nitrogens is 4. The van der Waals surface area contributed by atoms with Gasteiger partial charge < -0.3 is 0 Å². The number of aryl methyl sites for hydroxylation is 2. The van der Waals surface area contributed by atoms with Crippen molar-refractivity contribution in [3.05, 3.63) is 53.3 Å². The predicted octanol–water partition coefficient (Wildman–Crippen LogP) is 4.93. The van der Waals surface area contributed by atoms with E-state index < -0.39 is 0 Å². The minimum Gasteiger partial charge on any atom is -0.241 e. The molecule has 0 saturated carbocycles. The average molecular weight is 338 g/mol.